The van der Waals surface area contributed by atoms with Crippen LogP contribution in [0.4, 0.5) is 0 Å². The molecule has 3 aromatic rings. The van der Waals surface area contributed by atoms with E-state index in [-0.39, 0.29) is 13.4 Å². The molecule has 1 aliphatic heterocycles. The van der Waals surface area contributed by atoms with Crippen molar-refractivity contribution in [3.05, 3.63) is 60.2 Å². The second-order valence-corrected chi connectivity index (χ2v) is 5.24. The Morgan fingerprint density at radius 1 is 1.00 bits per heavy atom. The molecule has 0 saturated heterocycles. The summed E-state index contributed by atoms with van der Waals surface area (Å²) in [5.74, 6) is 7.30. The van der Waals surface area contributed by atoms with Crippen LogP contribution in [0.2, 0.25) is 0 Å². The monoisotopic (exact) mass is 302 g/mol. The summed E-state index contributed by atoms with van der Waals surface area (Å²) in [6, 6.07) is 18.2. The fraction of sp³-hybridized carbons (Fsp3) is 0.100. The molecule has 0 saturated carbocycles. The van der Waals surface area contributed by atoms with Gasteiger partial charge in [-0.25, -0.2) is 0 Å². The molecule has 4 rings (SSSR count). The zero-order valence-electron chi connectivity index (χ0n) is 12.4. The van der Waals surface area contributed by atoms with Gasteiger partial charge in [0.1, 0.15) is 6.61 Å². The number of ether oxygens (including phenoxy) is 2. The maximum atomic E-state index is 9.04. The first kappa shape index (κ1) is 13.7. The van der Waals surface area contributed by atoms with Crippen LogP contribution in [0.1, 0.15) is 5.56 Å². The van der Waals surface area contributed by atoms with Crippen molar-refractivity contribution >= 4 is 10.8 Å². The third-order valence-electron chi connectivity index (χ3n) is 3.88. The molecule has 0 amide bonds. The Bertz CT molecular complexity index is 934. The number of hydrogen-bond acceptors (Lipinski definition) is 3. The first-order valence-corrected chi connectivity index (χ1v) is 7.38. The second kappa shape index (κ2) is 5.68. The average molecular weight is 302 g/mol. The third-order valence-corrected chi connectivity index (χ3v) is 3.88. The number of aliphatic hydroxyl groups excluding tert-OH is 1. The number of fused-ring (bicyclic) bond motifs is 3. The molecule has 0 unspecified atom stereocenters. The van der Waals surface area contributed by atoms with Crippen LogP contribution in [-0.2, 0) is 0 Å². The van der Waals surface area contributed by atoms with Crippen LogP contribution >= 0.6 is 0 Å². The quantitative estimate of drug-likeness (QED) is 0.698. The molecule has 112 valence electrons. The Balaban J connectivity index is 2.00. The molecule has 3 aromatic carbocycles. The van der Waals surface area contributed by atoms with E-state index in [0.717, 1.165) is 39.0 Å². The van der Waals surface area contributed by atoms with Crippen molar-refractivity contribution in [3.8, 4) is 34.5 Å². The minimum atomic E-state index is -0.168. The van der Waals surface area contributed by atoms with Gasteiger partial charge in [0, 0.05) is 10.9 Å². The summed E-state index contributed by atoms with van der Waals surface area (Å²) in [5, 5.41) is 11.1. The highest BCUT2D eigenvalue weighted by atomic mass is 16.7. The van der Waals surface area contributed by atoms with Crippen molar-refractivity contribution in [1.29, 1.82) is 0 Å². The Morgan fingerprint density at radius 2 is 1.87 bits per heavy atom. The van der Waals surface area contributed by atoms with E-state index in [0.29, 0.717) is 0 Å². The van der Waals surface area contributed by atoms with Crippen LogP contribution in [0.5, 0.6) is 11.5 Å². The average Bonchev–Trinajstić information content (AvgIpc) is 3.09. The van der Waals surface area contributed by atoms with E-state index in [2.05, 4.69) is 30.0 Å². The molecule has 3 heteroatoms. The molecule has 1 aliphatic rings. The highest BCUT2D eigenvalue weighted by Crippen LogP contribution is 2.41. The molecule has 0 radical (unpaired) electrons. The van der Waals surface area contributed by atoms with Crippen LogP contribution in [0.3, 0.4) is 0 Å². The normalized spacial score (nSPS) is 12.0. The molecular weight excluding hydrogens is 288 g/mol. The van der Waals surface area contributed by atoms with E-state index in [9.17, 15) is 0 Å². The zero-order valence-corrected chi connectivity index (χ0v) is 12.4. The molecule has 1 heterocycles. The van der Waals surface area contributed by atoms with E-state index < -0.39 is 0 Å². The van der Waals surface area contributed by atoms with E-state index in [1.165, 1.54) is 0 Å². The maximum Gasteiger partial charge on any atom is 0.231 e. The second-order valence-electron chi connectivity index (χ2n) is 5.24. The van der Waals surface area contributed by atoms with E-state index >= 15 is 0 Å². The molecule has 1 N–H and O–H groups in total. The highest BCUT2D eigenvalue weighted by Gasteiger charge is 2.18. The Hall–Kier alpha value is -2.96. The summed E-state index contributed by atoms with van der Waals surface area (Å²) in [6.07, 6.45) is 0. The largest absolute Gasteiger partial charge is 0.454 e. The molecule has 23 heavy (non-hydrogen) atoms. The lowest BCUT2D eigenvalue weighted by Crippen LogP contribution is -1.93. The highest BCUT2D eigenvalue weighted by molar-refractivity contribution is 5.96. The number of hydrogen-bond donors (Lipinski definition) is 1. The summed E-state index contributed by atoms with van der Waals surface area (Å²) < 4.78 is 11.0. The minimum absolute atomic E-state index is 0.168. The van der Waals surface area contributed by atoms with Crippen molar-refractivity contribution < 1.29 is 14.6 Å². The summed E-state index contributed by atoms with van der Waals surface area (Å²) in [5.41, 5.74) is 2.99. The van der Waals surface area contributed by atoms with Crippen molar-refractivity contribution in [1.82, 2.24) is 0 Å². The predicted octanol–water partition coefficient (Wildman–Crippen LogP) is 3.58. The first-order valence-electron chi connectivity index (χ1n) is 7.38. The maximum absolute atomic E-state index is 9.04. The number of rotatable bonds is 1. The Morgan fingerprint density at radius 3 is 2.70 bits per heavy atom. The summed E-state index contributed by atoms with van der Waals surface area (Å²) in [6.45, 7) is 0.0747. The molecule has 0 fully saturated rings. The van der Waals surface area contributed by atoms with Gasteiger partial charge >= 0.3 is 0 Å². The van der Waals surface area contributed by atoms with E-state index in [1.54, 1.807) is 0 Å². The van der Waals surface area contributed by atoms with Crippen LogP contribution in [-0.4, -0.2) is 18.5 Å². The first-order chi connectivity index (χ1) is 11.4. The lowest BCUT2D eigenvalue weighted by Gasteiger charge is -2.09. The van der Waals surface area contributed by atoms with Gasteiger partial charge in [-0.15, -0.1) is 0 Å². The summed E-state index contributed by atoms with van der Waals surface area (Å²) in [7, 11) is 0. The molecule has 0 aromatic heterocycles. The smallest absolute Gasteiger partial charge is 0.231 e. The Kier molecular flexibility index (Phi) is 3.38. The topological polar surface area (TPSA) is 38.7 Å². The lowest BCUT2D eigenvalue weighted by molar-refractivity contribution is 0.175. The van der Waals surface area contributed by atoms with Crippen molar-refractivity contribution in [2.24, 2.45) is 0 Å². The van der Waals surface area contributed by atoms with Crippen LogP contribution < -0.4 is 9.47 Å². The predicted molar refractivity (Wildman–Crippen MR) is 89.5 cm³/mol. The SMILES string of the molecule is OCC#Cc1cc2c3c(ccc2cc1-c1ccccc1)OCO3. The lowest BCUT2D eigenvalue weighted by atomic mass is 9.95. The van der Waals surface area contributed by atoms with E-state index in [4.69, 9.17) is 14.6 Å². The van der Waals surface area contributed by atoms with Crippen molar-refractivity contribution in [3.63, 3.8) is 0 Å². The molecule has 3 nitrogen and oxygen atoms in total. The third kappa shape index (κ3) is 2.40. The van der Waals surface area contributed by atoms with Crippen LogP contribution in [0, 0.1) is 11.8 Å². The molecule has 0 aliphatic carbocycles. The van der Waals surface area contributed by atoms with Gasteiger partial charge in [0.25, 0.3) is 0 Å². The standard InChI is InChI=1S/C20H14O3/c21-10-4-7-15-12-18-16(8-9-19-20(18)23-13-22-19)11-17(15)14-5-2-1-3-6-14/h1-3,5-6,8-9,11-12,21H,10,13H2. The van der Waals surface area contributed by atoms with Gasteiger partial charge in [-0.1, -0.05) is 48.2 Å². The van der Waals surface area contributed by atoms with Gasteiger partial charge in [-0.3, -0.25) is 0 Å². The summed E-state index contributed by atoms with van der Waals surface area (Å²) in [4.78, 5) is 0. The zero-order chi connectivity index (χ0) is 15.6. The van der Waals surface area contributed by atoms with E-state index in [1.807, 2.05) is 36.4 Å². The van der Waals surface area contributed by atoms with Crippen LogP contribution in [0.15, 0.2) is 54.6 Å². The van der Waals surface area contributed by atoms with Crippen molar-refractivity contribution in [2.45, 2.75) is 0 Å². The molecule has 0 spiro atoms. The van der Waals surface area contributed by atoms with Gasteiger partial charge in [-0.05, 0) is 34.7 Å². The van der Waals surface area contributed by atoms with Gasteiger partial charge in [0.2, 0.25) is 6.79 Å². The Labute approximate surface area is 134 Å². The summed E-state index contributed by atoms with van der Waals surface area (Å²) >= 11 is 0. The number of aliphatic hydroxyl groups is 1. The van der Waals surface area contributed by atoms with Gasteiger partial charge in [0.05, 0.1) is 0 Å². The van der Waals surface area contributed by atoms with Gasteiger partial charge in [0.15, 0.2) is 11.5 Å². The van der Waals surface area contributed by atoms with Crippen molar-refractivity contribution in [2.75, 3.05) is 13.4 Å². The molecule has 0 atom stereocenters. The van der Waals surface area contributed by atoms with Gasteiger partial charge < -0.3 is 14.6 Å². The fourth-order valence-electron chi connectivity index (χ4n) is 2.83. The van der Waals surface area contributed by atoms with Crippen LogP contribution in [0.25, 0.3) is 21.9 Å². The minimum Gasteiger partial charge on any atom is -0.454 e. The fourth-order valence-corrected chi connectivity index (χ4v) is 2.83. The molecule has 0 bridgehead atoms. The molecular formula is C20H14O3. The number of benzene rings is 3. The van der Waals surface area contributed by atoms with Gasteiger partial charge in [-0.2, -0.15) is 0 Å².